The van der Waals surface area contributed by atoms with E-state index >= 15 is 0 Å². The number of thiophene rings is 1. The van der Waals surface area contributed by atoms with Crippen molar-refractivity contribution >= 4 is 17.2 Å². The van der Waals surface area contributed by atoms with Gasteiger partial charge in [-0.25, -0.2) is 0 Å². The highest BCUT2D eigenvalue weighted by atomic mass is 32.1. The van der Waals surface area contributed by atoms with Crippen LogP contribution in [0.3, 0.4) is 0 Å². The van der Waals surface area contributed by atoms with Crippen LogP contribution in [0.5, 0.6) is 11.5 Å². The summed E-state index contributed by atoms with van der Waals surface area (Å²) >= 11 is 1.63. The van der Waals surface area contributed by atoms with Crippen LogP contribution in [0.4, 0.5) is 0 Å². The standard InChI is InChI=1S/C22H23NO3S/c1-4-26-19-14-17(11-12-18(19)25-3)22(24)23-21(20-6-5-13-27-20)16-9-7-15(2)8-10-16/h5-14,21H,4H2,1-3H3,(H,23,24). The van der Waals surface area contributed by atoms with Crippen LogP contribution in [0.15, 0.2) is 60.0 Å². The number of ether oxygens (including phenoxy) is 2. The maximum Gasteiger partial charge on any atom is 0.252 e. The van der Waals surface area contributed by atoms with Gasteiger partial charge in [0.05, 0.1) is 19.8 Å². The Hall–Kier alpha value is -2.79. The topological polar surface area (TPSA) is 47.6 Å². The summed E-state index contributed by atoms with van der Waals surface area (Å²) in [4.78, 5) is 14.0. The van der Waals surface area contributed by atoms with Crippen LogP contribution in [0.2, 0.25) is 0 Å². The lowest BCUT2D eigenvalue weighted by Crippen LogP contribution is -2.28. The highest BCUT2D eigenvalue weighted by Gasteiger charge is 2.20. The van der Waals surface area contributed by atoms with Crippen molar-refractivity contribution < 1.29 is 14.3 Å². The predicted molar refractivity (Wildman–Crippen MR) is 109 cm³/mol. The monoisotopic (exact) mass is 381 g/mol. The van der Waals surface area contributed by atoms with Gasteiger partial charge in [-0.2, -0.15) is 0 Å². The summed E-state index contributed by atoms with van der Waals surface area (Å²) in [6, 6.07) is 17.3. The molecule has 2 aromatic carbocycles. The van der Waals surface area contributed by atoms with E-state index in [1.807, 2.05) is 24.4 Å². The molecule has 0 aliphatic rings. The first kappa shape index (κ1) is 19.0. The Morgan fingerprint density at radius 2 is 1.89 bits per heavy atom. The Balaban J connectivity index is 1.89. The van der Waals surface area contributed by atoms with Crippen LogP contribution in [-0.2, 0) is 0 Å². The van der Waals surface area contributed by atoms with Gasteiger partial charge in [0.2, 0.25) is 0 Å². The second-order valence-electron chi connectivity index (χ2n) is 6.13. The fourth-order valence-electron chi connectivity index (χ4n) is 2.83. The van der Waals surface area contributed by atoms with Crippen LogP contribution < -0.4 is 14.8 Å². The fourth-order valence-corrected chi connectivity index (χ4v) is 3.64. The molecule has 3 aromatic rings. The predicted octanol–water partition coefficient (Wildman–Crippen LogP) is 4.98. The highest BCUT2D eigenvalue weighted by molar-refractivity contribution is 7.10. The van der Waals surface area contributed by atoms with Gasteiger partial charge in [-0.05, 0) is 49.1 Å². The molecule has 0 bridgehead atoms. The van der Waals surface area contributed by atoms with Crippen molar-refractivity contribution in [2.75, 3.05) is 13.7 Å². The van der Waals surface area contributed by atoms with Gasteiger partial charge in [0.15, 0.2) is 11.5 Å². The Morgan fingerprint density at radius 1 is 1.11 bits per heavy atom. The number of amides is 1. The zero-order valence-electron chi connectivity index (χ0n) is 15.7. The summed E-state index contributed by atoms with van der Waals surface area (Å²) in [5.74, 6) is 1.02. The average molecular weight is 381 g/mol. The molecule has 1 heterocycles. The molecule has 0 aliphatic heterocycles. The summed E-state index contributed by atoms with van der Waals surface area (Å²) in [7, 11) is 1.59. The lowest BCUT2D eigenvalue weighted by Gasteiger charge is -2.19. The van der Waals surface area contributed by atoms with Crippen molar-refractivity contribution in [2.24, 2.45) is 0 Å². The molecule has 0 saturated heterocycles. The number of methoxy groups -OCH3 is 1. The molecule has 0 saturated carbocycles. The van der Waals surface area contributed by atoms with Gasteiger partial charge in [0.25, 0.3) is 5.91 Å². The van der Waals surface area contributed by atoms with E-state index in [0.29, 0.717) is 23.7 Å². The molecule has 1 amide bonds. The molecule has 0 aliphatic carbocycles. The summed E-state index contributed by atoms with van der Waals surface area (Å²) in [6.45, 7) is 4.45. The zero-order chi connectivity index (χ0) is 19.2. The van der Waals surface area contributed by atoms with Crippen molar-refractivity contribution in [3.63, 3.8) is 0 Å². The Labute approximate surface area is 163 Å². The molecular formula is C22H23NO3S. The highest BCUT2D eigenvalue weighted by Crippen LogP contribution is 2.30. The van der Waals surface area contributed by atoms with Gasteiger partial charge in [-0.15, -0.1) is 11.3 Å². The molecule has 5 heteroatoms. The number of aryl methyl sites for hydroxylation is 1. The van der Waals surface area contributed by atoms with Gasteiger partial charge in [-0.1, -0.05) is 35.9 Å². The molecule has 27 heavy (non-hydrogen) atoms. The molecule has 0 spiro atoms. The Morgan fingerprint density at radius 3 is 2.52 bits per heavy atom. The first-order valence-corrected chi connectivity index (χ1v) is 9.72. The van der Waals surface area contributed by atoms with Crippen LogP contribution >= 0.6 is 11.3 Å². The number of rotatable bonds is 7. The van der Waals surface area contributed by atoms with E-state index in [9.17, 15) is 4.79 Å². The lowest BCUT2D eigenvalue weighted by molar-refractivity contribution is 0.0943. The maximum atomic E-state index is 12.9. The number of nitrogens with one attached hydrogen (secondary N) is 1. The van der Waals surface area contributed by atoms with E-state index in [2.05, 4.69) is 36.5 Å². The normalized spacial score (nSPS) is 11.7. The number of hydrogen-bond donors (Lipinski definition) is 1. The Kier molecular flexibility index (Phi) is 6.14. The number of carbonyl (C=O) groups is 1. The minimum absolute atomic E-state index is 0.155. The van der Waals surface area contributed by atoms with E-state index in [1.165, 1.54) is 5.56 Å². The largest absolute Gasteiger partial charge is 0.493 e. The van der Waals surface area contributed by atoms with E-state index in [0.717, 1.165) is 10.4 Å². The van der Waals surface area contributed by atoms with E-state index < -0.39 is 0 Å². The number of carbonyl (C=O) groups excluding carboxylic acids is 1. The second-order valence-corrected chi connectivity index (χ2v) is 7.11. The molecule has 0 fully saturated rings. The van der Waals surface area contributed by atoms with Gasteiger partial charge < -0.3 is 14.8 Å². The zero-order valence-corrected chi connectivity index (χ0v) is 16.5. The maximum absolute atomic E-state index is 12.9. The first-order chi connectivity index (χ1) is 13.1. The van der Waals surface area contributed by atoms with Crippen molar-refractivity contribution in [3.8, 4) is 11.5 Å². The SMILES string of the molecule is CCOc1cc(C(=O)NC(c2ccc(C)cc2)c2cccs2)ccc1OC. The molecule has 1 aromatic heterocycles. The molecule has 140 valence electrons. The third kappa shape index (κ3) is 4.49. The third-order valence-corrected chi connectivity index (χ3v) is 5.18. The number of hydrogen-bond acceptors (Lipinski definition) is 4. The van der Waals surface area contributed by atoms with E-state index in [-0.39, 0.29) is 11.9 Å². The smallest absolute Gasteiger partial charge is 0.252 e. The van der Waals surface area contributed by atoms with E-state index in [4.69, 9.17) is 9.47 Å². The van der Waals surface area contributed by atoms with Gasteiger partial charge >= 0.3 is 0 Å². The van der Waals surface area contributed by atoms with Crippen LogP contribution in [-0.4, -0.2) is 19.6 Å². The molecule has 4 nitrogen and oxygen atoms in total. The van der Waals surface area contributed by atoms with Crippen LogP contribution in [0.25, 0.3) is 0 Å². The van der Waals surface area contributed by atoms with Gasteiger partial charge in [0.1, 0.15) is 0 Å². The molecule has 0 radical (unpaired) electrons. The summed E-state index contributed by atoms with van der Waals surface area (Å²) in [5, 5.41) is 5.17. The molecule has 1 atom stereocenters. The summed E-state index contributed by atoms with van der Waals surface area (Å²) < 4.78 is 10.9. The quantitative estimate of drug-likeness (QED) is 0.628. The van der Waals surface area contributed by atoms with E-state index in [1.54, 1.807) is 36.6 Å². The van der Waals surface area contributed by atoms with Crippen molar-refractivity contribution in [2.45, 2.75) is 19.9 Å². The molecule has 1 unspecified atom stereocenters. The van der Waals surface area contributed by atoms with Crippen molar-refractivity contribution in [3.05, 3.63) is 81.5 Å². The van der Waals surface area contributed by atoms with Gasteiger partial charge in [0, 0.05) is 10.4 Å². The van der Waals surface area contributed by atoms with Crippen molar-refractivity contribution in [1.82, 2.24) is 5.32 Å². The first-order valence-electron chi connectivity index (χ1n) is 8.84. The molecule has 1 N–H and O–H groups in total. The summed E-state index contributed by atoms with van der Waals surface area (Å²) in [5.41, 5.74) is 2.77. The minimum Gasteiger partial charge on any atom is -0.493 e. The molecule has 3 rings (SSSR count). The average Bonchev–Trinajstić information content (AvgIpc) is 3.21. The van der Waals surface area contributed by atoms with Crippen LogP contribution in [0.1, 0.15) is 39.3 Å². The Bertz CT molecular complexity index is 888. The second kappa shape index (κ2) is 8.73. The lowest BCUT2D eigenvalue weighted by atomic mass is 10.0. The summed E-state index contributed by atoms with van der Waals surface area (Å²) in [6.07, 6.45) is 0. The number of benzene rings is 2. The van der Waals surface area contributed by atoms with Gasteiger partial charge in [-0.3, -0.25) is 4.79 Å². The molecular weight excluding hydrogens is 358 g/mol. The van der Waals surface area contributed by atoms with Crippen LogP contribution in [0, 0.1) is 6.92 Å². The third-order valence-electron chi connectivity index (χ3n) is 4.24. The fraction of sp³-hybridized carbons (Fsp3) is 0.227. The minimum atomic E-state index is -0.198. The van der Waals surface area contributed by atoms with Crippen molar-refractivity contribution in [1.29, 1.82) is 0 Å².